The van der Waals surface area contributed by atoms with Crippen LogP contribution in [-0.2, 0) is 6.18 Å². The first kappa shape index (κ1) is 18.4. The monoisotopic (exact) mass is 405 g/mol. The first-order valence-corrected chi connectivity index (χ1v) is 9.28. The molecular formula is C19H14F3N3O2S. The summed E-state index contributed by atoms with van der Waals surface area (Å²) in [5.41, 5.74) is 0.894. The van der Waals surface area contributed by atoms with Crippen molar-refractivity contribution in [3.63, 3.8) is 0 Å². The Morgan fingerprint density at radius 2 is 1.82 bits per heavy atom. The summed E-state index contributed by atoms with van der Waals surface area (Å²) in [7, 11) is 0. The van der Waals surface area contributed by atoms with Crippen LogP contribution in [-0.4, -0.2) is 21.3 Å². The van der Waals surface area contributed by atoms with Gasteiger partial charge in [-0.2, -0.15) is 13.2 Å². The summed E-state index contributed by atoms with van der Waals surface area (Å²) in [5.74, 6) is -0.658. The molecule has 1 aliphatic carbocycles. The highest BCUT2D eigenvalue weighted by Gasteiger charge is 2.30. The number of aromatic nitrogens is 2. The summed E-state index contributed by atoms with van der Waals surface area (Å²) in [6.45, 7) is 0. The molecule has 1 aliphatic rings. The molecule has 0 unspecified atom stereocenters. The Morgan fingerprint density at radius 3 is 2.43 bits per heavy atom. The van der Waals surface area contributed by atoms with Crippen molar-refractivity contribution in [3.8, 4) is 10.6 Å². The lowest BCUT2D eigenvalue weighted by Gasteiger charge is -2.12. The number of hydrogen-bond acceptors (Lipinski definition) is 5. The summed E-state index contributed by atoms with van der Waals surface area (Å²) in [5, 5.41) is 22.2. The zero-order valence-electron chi connectivity index (χ0n) is 14.3. The predicted molar refractivity (Wildman–Crippen MR) is 99.0 cm³/mol. The summed E-state index contributed by atoms with van der Waals surface area (Å²) < 4.78 is 38.2. The number of nitrogens with zero attached hydrogens (tertiary/aromatic N) is 2. The highest BCUT2D eigenvalue weighted by atomic mass is 32.1. The number of alkyl halides is 3. The van der Waals surface area contributed by atoms with Gasteiger partial charge in [0.1, 0.15) is 10.0 Å². The highest BCUT2D eigenvalue weighted by molar-refractivity contribution is 7.14. The van der Waals surface area contributed by atoms with Crippen LogP contribution in [0.1, 0.15) is 39.7 Å². The van der Waals surface area contributed by atoms with Gasteiger partial charge in [0.2, 0.25) is 0 Å². The van der Waals surface area contributed by atoms with E-state index in [4.69, 9.17) is 0 Å². The molecule has 0 radical (unpaired) electrons. The van der Waals surface area contributed by atoms with Crippen LogP contribution in [0.3, 0.4) is 0 Å². The molecular weight excluding hydrogens is 391 g/mol. The summed E-state index contributed by atoms with van der Waals surface area (Å²) in [4.78, 5) is 11.3. The Labute approximate surface area is 161 Å². The first-order chi connectivity index (χ1) is 13.3. The molecule has 3 aromatic rings. The molecule has 144 valence electrons. The second-order valence-corrected chi connectivity index (χ2v) is 7.49. The largest absolute Gasteiger partial charge is 0.478 e. The predicted octanol–water partition coefficient (Wildman–Crippen LogP) is 5.54. The number of hydrogen-bond donors (Lipinski definition) is 2. The number of benzene rings is 2. The molecule has 0 amide bonds. The maximum absolute atomic E-state index is 12.7. The van der Waals surface area contributed by atoms with Gasteiger partial charge in [-0.1, -0.05) is 11.3 Å². The van der Waals surface area contributed by atoms with E-state index in [-0.39, 0.29) is 5.56 Å². The van der Waals surface area contributed by atoms with Crippen molar-refractivity contribution in [2.24, 2.45) is 0 Å². The summed E-state index contributed by atoms with van der Waals surface area (Å²) in [6, 6.07) is 9.14. The fraction of sp³-hybridized carbons (Fsp3) is 0.211. The van der Waals surface area contributed by atoms with Gasteiger partial charge in [0.25, 0.3) is 0 Å². The van der Waals surface area contributed by atoms with E-state index < -0.39 is 17.7 Å². The molecule has 0 bridgehead atoms. The van der Waals surface area contributed by atoms with Gasteiger partial charge in [-0.15, -0.1) is 10.2 Å². The van der Waals surface area contributed by atoms with Gasteiger partial charge in [0.05, 0.1) is 11.1 Å². The van der Waals surface area contributed by atoms with E-state index >= 15 is 0 Å². The van der Waals surface area contributed by atoms with Gasteiger partial charge in [-0.05, 0) is 55.3 Å². The molecule has 1 aromatic heterocycles. The minimum atomic E-state index is -4.40. The second kappa shape index (κ2) is 6.90. The van der Waals surface area contributed by atoms with Crippen molar-refractivity contribution in [3.05, 3.63) is 58.6 Å². The number of aromatic carboxylic acids is 1. The van der Waals surface area contributed by atoms with Gasteiger partial charge < -0.3 is 10.4 Å². The number of halogens is 3. The van der Waals surface area contributed by atoms with Crippen molar-refractivity contribution in [1.82, 2.24) is 10.2 Å². The van der Waals surface area contributed by atoms with E-state index in [1.165, 1.54) is 35.6 Å². The van der Waals surface area contributed by atoms with E-state index in [2.05, 4.69) is 15.5 Å². The minimum absolute atomic E-state index is 0.0936. The zero-order valence-corrected chi connectivity index (χ0v) is 15.1. The molecule has 0 aliphatic heterocycles. The molecule has 9 heteroatoms. The van der Waals surface area contributed by atoms with Crippen molar-refractivity contribution < 1.29 is 23.1 Å². The number of carbonyl (C=O) groups is 1. The molecule has 1 saturated carbocycles. The van der Waals surface area contributed by atoms with Crippen LogP contribution in [0.5, 0.6) is 0 Å². The van der Waals surface area contributed by atoms with Gasteiger partial charge >= 0.3 is 12.1 Å². The number of carboxylic acids is 1. The van der Waals surface area contributed by atoms with E-state index in [0.717, 1.165) is 30.0 Å². The average molecular weight is 405 g/mol. The Kier molecular flexibility index (Phi) is 4.54. The van der Waals surface area contributed by atoms with Crippen LogP contribution in [0.25, 0.3) is 10.6 Å². The topological polar surface area (TPSA) is 75.1 Å². The first-order valence-electron chi connectivity index (χ1n) is 8.46. The molecule has 0 saturated heterocycles. The van der Waals surface area contributed by atoms with E-state index in [1.807, 2.05) is 0 Å². The lowest BCUT2D eigenvalue weighted by Crippen LogP contribution is -2.04. The van der Waals surface area contributed by atoms with Gasteiger partial charge in [0.15, 0.2) is 0 Å². The molecule has 1 fully saturated rings. The van der Waals surface area contributed by atoms with Gasteiger partial charge in [-0.25, -0.2) is 4.79 Å². The Balaban J connectivity index is 1.68. The lowest BCUT2D eigenvalue weighted by atomic mass is 10.1. The van der Waals surface area contributed by atoms with Crippen molar-refractivity contribution in [1.29, 1.82) is 0 Å². The van der Waals surface area contributed by atoms with E-state index in [0.29, 0.717) is 27.9 Å². The summed E-state index contributed by atoms with van der Waals surface area (Å²) >= 11 is 1.40. The maximum Gasteiger partial charge on any atom is 0.416 e. The zero-order chi connectivity index (χ0) is 19.9. The van der Waals surface area contributed by atoms with Crippen LogP contribution in [0.15, 0.2) is 42.5 Å². The smallest absolute Gasteiger partial charge is 0.416 e. The third-order valence-electron chi connectivity index (χ3n) is 4.36. The fourth-order valence-electron chi connectivity index (χ4n) is 2.70. The van der Waals surface area contributed by atoms with Crippen molar-refractivity contribution in [2.75, 3.05) is 5.32 Å². The maximum atomic E-state index is 12.7. The molecule has 28 heavy (non-hydrogen) atoms. The second-order valence-electron chi connectivity index (χ2n) is 6.49. The van der Waals surface area contributed by atoms with Crippen LogP contribution in [0.2, 0.25) is 0 Å². The number of anilines is 2. The molecule has 4 rings (SSSR count). The van der Waals surface area contributed by atoms with Gasteiger partial charge in [-0.3, -0.25) is 0 Å². The standard InChI is InChI=1S/C19H14F3N3O2S/c20-19(21,22)12-4-6-13(7-5-12)23-15-8-3-11(18(26)27)9-14(15)17-25-24-16(28-17)10-1-2-10/h3-10,23H,1-2H2,(H,26,27). The number of nitrogens with one attached hydrogen (secondary N) is 1. The van der Waals surface area contributed by atoms with E-state index in [9.17, 15) is 23.1 Å². The molecule has 5 nitrogen and oxygen atoms in total. The molecule has 0 spiro atoms. The molecule has 0 atom stereocenters. The SMILES string of the molecule is O=C(O)c1ccc(Nc2ccc(C(F)(F)F)cc2)c(-c2nnc(C3CC3)s2)c1. The third kappa shape index (κ3) is 3.84. The minimum Gasteiger partial charge on any atom is -0.478 e. The average Bonchev–Trinajstić information content (AvgIpc) is 3.39. The van der Waals surface area contributed by atoms with Crippen LogP contribution in [0, 0.1) is 0 Å². The van der Waals surface area contributed by atoms with Crippen LogP contribution >= 0.6 is 11.3 Å². The molecule has 1 heterocycles. The third-order valence-corrected chi connectivity index (χ3v) is 5.47. The van der Waals surface area contributed by atoms with Crippen LogP contribution in [0.4, 0.5) is 24.5 Å². The van der Waals surface area contributed by atoms with E-state index in [1.54, 1.807) is 6.07 Å². The Hall–Kier alpha value is -2.94. The van der Waals surface area contributed by atoms with Gasteiger partial charge in [0, 0.05) is 22.9 Å². The Morgan fingerprint density at radius 1 is 1.11 bits per heavy atom. The molecule has 2 aromatic carbocycles. The quantitative estimate of drug-likeness (QED) is 0.583. The fourth-order valence-corrected chi connectivity index (χ4v) is 3.74. The lowest BCUT2D eigenvalue weighted by molar-refractivity contribution is -0.137. The summed E-state index contributed by atoms with van der Waals surface area (Å²) in [6.07, 6.45) is -2.26. The number of rotatable bonds is 5. The van der Waals surface area contributed by atoms with Crippen molar-refractivity contribution in [2.45, 2.75) is 24.9 Å². The highest BCUT2D eigenvalue weighted by Crippen LogP contribution is 2.44. The van der Waals surface area contributed by atoms with Crippen LogP contribution < -0.4 is 5.32 Å². The Bertz CT molecular complexity index is 1030. The molecule has 2 N–H and O–H groups in total. The number of carboxylic acid groups (broad SMARTS) is 1. The van der Waals surface area contributed by atoms with Crippen molar-refractivity contribution >= 4 is 28.7 Å². The normalized spacial score (nSPS) is 14.1.